The molecule has 0 heterocycles. The number of nitrogens with one attached hydrogen (secondary N) is 1. The lowest BCUT2D eigenvalue weighted by molar-refractivity contribution is -0.0580. The van der Waals surface area contributed by atoms with Crippen LogP contribution in [0.15, 0.2) is 11.6 Å². The van der Waals surface area contributed by atoms with E-state index in [2.05, 4.69) is 46.0 Å². The second kappa shape index (κ2) is 9.34. The van der Waals surface area contributed by atoms with Gasteiger partial charge in [0.1, 0.15) is 6.10 Å². The molecule has 3 nitrogen and oxygen atoms in total. The van der Waals surface area contributed by atoms with Crippen molar-refractivity contribution in [2.45, 2.75) is 111 Å². The Bertz CT molecular complexity index is 714. The predicted octanol–water partition coefficient (Wildman–Crippen LogP) is 7.75. The van der Waals surface area contributed by atoms with E-state index >= 15 is 0 Å². The zero-order valence-corrected chi connectivity index (χ0v) is 21.7. The Balaban J connectivity index is 1.45. The number of carbonyl (C=O) groups excluding carboxylic acids is 1. The van der Waals surface area contributed by atoms with Crippen molar-refractivity contribution in [2.75, 3.05) is 7.05 Å². The Labute approximate surface area is 197 Å². The molecule has 3 saturated carbocycles. The molecule has 3 fully saturated rings. The highest BCUT2D eigenvalue weighted by molar-refractivity contribution is 5.66. The van der Waals surface area contributed by atoms with E-state index in [1.807, 2.05) is 0 Å². The topological polar surface area (TPSA) is 38.3 Å². The molecule has 4 rings (SSSR count). The zero-order valence-electron chi connectivity index (χ0n) is 21.7. The zero-order chi connectivity index (χ0) is 23.1. The normalized spacial score (nSPS) is 41.8. The van der Waals surface area contributed by atoms with Crippen molar-refractivity contribution in [3.05, 3.63) is 11.6 Å². The number of hydrogen-bond donors (Lipinski definition) is 1. The average molecular weight is 444 g/mol. The van der Waals surface area contributed by atoms with Crippen LogP contribution in [0.25, 0.3) is 0 Å². The minimum absolute atomic E-state index is 0.0576. The number of ether oxygens (including phenoxy) is 1. The van der Waals surface area contributed by atoms with Crippen LogP contribution in [0.5, 0.6) is 0 Å². The average Bonchev–Trinajstić information content (AvgIpc) is 3.11. The molecule has 32 heavy (non-hydrogen) atoms. The Morgan fingerprint density at radius 3 is 2.59 bits per heavy atom. The van der Waals surface area contributed by atoms with Crippen LogP contribution in [0.3, 0.4) is 0 Å². The first-order valence-electron chi connectivity index (χ1n) is 13.8. The number of alkyl carbamates (subject to hydrolysis) is 1. The smallest absolute Gasteiger partial charge is 0.407 e. The Hall–Kier alpha value is -0.990. The molecule has 0 aromatic carbocycles. The lowest BCUT2D eigenvalue weighted by Crippen LogP contribution is -2.51. The number of amides is 1. The van der Waals surface area contributed by atoms with E-state index in [1.54, 1.807) is 12.6 Å². The molecular weight excluding hydrogens is 394 g/mol. The Kier molecular flexibility index (Phi) is 7.04. The van der Waals surface area contributed by atoms with Crippen molar-refractivity contribution in [1.82, 2.24) is 5.32 Å². The van der Waals surface area contributed by atoms with Gasteiger partial charge in [-0.05, 0) is 91.3 Å². The predicted molar refractivity (Wildman–Crippen MR) is 132 cm³/mol. The second-order valence-electron chi connectivity index (χ2n) is 12.8. The maximum atomic E-state index is 11.7. The van der Waals surface area contributed by atoms with Crippen molar-refractivity contribution in [3.8, 4) is 0 Å². The summed E-state index contributed by atoms with van der Waals surface area (Å²) in [5, 5.41) is 2.62. The second-order valence-corrected chi connectivity index (χ2v) is 12.8. The van der Waals surface area contributed by atoms with Gasteiger partial charge in [-0.25, -0.2) is 4.79 Å². The molecule has 182 valence electrons. The van der Waals surface area contributed by atoms with Crippen LogP contribution in [0.2, 0.25) is 0 Å². The molecule has 0 aromatic heterocycles. The first kappa shape index (κ1) is 24.1. The van der Waals surface area contributed by atoms with Gasteiger partial charge in [0.25, 0.3) is 0 Å². The largest absolute Gasteiger partial charge is 0.446 e. The monoisotopic (exact) mass is 443 g/mol. The summed E-state index contributed by atoms with van der Waals surface area (Å²) in [6.45, 7) is 12.5. The summed E-state index contributed by atoms with van der Waals surface area (Å²) in [6.07, 6.45) is 16.7. The van der Waals surface area contributed by atoms with E-state index in [4.69, 9.17) is 4.74 Å². The quantitative estimate of drug-likeness (QED) is 0.426. The van der Waals surface area contributed by atoms with Crippen molar-refractivity contribution < 1.29 is 9.53 Å². The van der Waals surface area contributed by atoms with Crippen LogP contribution in [0, 0.1) is 46.3 Å². The van der Waals surface area contributed by atoms with Crippen molar-refractivity contribution >= 4 is 6.09 Å². The summed E-state index contributed by atoms with van der Waals surface area (Å²) >= 11 is 0. The van der Waals surface area contributed by atoms with Crippen molar-refractivity contribution in [1.29, 1.82) is 0 Å². The standard InChI is InChI=1S/C29H49NO2/c1-19(2)8-7-9-20(3)24-12-13-25-23-11-10-21-18-22(32-27(31)30-6)14-16-28(21,4)26(23)15-17-29(24,25)5/h10,19-20,22-26H,7-9,11-18H2,1-6H3,(H,30,31)/t20-,22+,23?,24-,25?,26?,28+,29-/m1/s1. The molecule has 3 unspecified atom stereocenters. The van der Waals surface area contributed by atoms with Crippen LogP contribution < -0.4 is 5.32 Å². The molecular formula is C29H49NO2. The third-order valence-corrected chi connectivity index (χ3v) is 10.7. The third-order valence-electron chi connectivity index (χ3n) is 10.7. The van der Waals surface area contributed by atoms with Crippen LogP contribution in [-0.4, -0.2) is 19.2 Å². The van der Waals surface area contributed by atoms with E-state index in [0.29, 0.717) is 10.8 Å². The van der Waals surface area contributed by atoms with Crippen LogP contribution in [0.4, 0.5) is 4.79 Å². The lowest BCUT2D eigenvalue weighted by Gasteiger charge is -2.58. The number of carbonyl (C=O) groups is 1. The molecule has 8 atom stereocenters. The highest BCUT2D eigenvalue weighted by Crippen LogP contribution is 2.67. The van der Waals surface area contributed by atoms with Gasteiger partial charge in [0.15, 0.2) is 0 Å². The molecule has 0 aromatic rings. The summed E-state index contributed by atoms with van der Waals surface area (Å²) < 4.78 is 5.65. The molecule has 0 saturated heterocycles. The SMILES string of the molecule is CNC(=O)O[C@H]1CC[C@@]2(C)C(=CCC3C2CC[C@@]2(C)C3CC[C@@H]2[C@H](C)CCCC(C)C)C1. The van der Waals surface area contributed by atoms with Gasteiger partial charge in [-0.3, -0.25) is 0 Å². The fraction of sp³-hybridized carbons (Fsp3) is 0.897. The highest BCUT2D eigenvalue weighted by atomic mass is 16.6. The van der Waals surface area contributed by atoms with E-state index < -0.39 is 0 Å². The maximum Gasteiger partial charge on any atom is 0.407 e. The minimum atomic E-state index is -0.277. The molecule has 4 aliphatic carbocycles. The lowest BCUT2D eigenvalue weighted by atomic mass is 9.47. The van der Waals surface area contributed by atoms with Crippen LogP contribution >= 0.6 is 0 Å². The van der Waals surface area contributed by atoms with Crippen LogP contribution in [-0.2, 0) is 4.74 Å². The number of rotatable bonds is 6. The van der Waals surface area contributed by atoms with Gasteiger partial charge in [0.2, 0.25) is 0 Å². The number of allylic oxidation sites excluding steroid dienone is 1. The molecule has 3 heteroatoms. The van der Waals surface area contributed by atoms with Gasteiger partial charge in [-0.2, -0.15) is 0 Å². The molecule has 0 aliphatic heterocycles. The van der Waals surface area contributed by atoms with Gasteiger partial charge in [-0.1, -0.05) is 65.5 Å². The van der Waals surface area contributed by atoms with Crippen molar-refractivity contribution in [3.63, 3.8) is 0 Å². The van der Waals surface area contributed by atoms with Gasteiger partial charge >= 0.3 is 6.09 Å². The summed E-state index contributed by atoms with van der Waals surface area (Å²) in [5.74, 6) is 5.25. The molecule has 4 aliphatic rings. The van der Waals surface area contributed by atoms with E-state index in [0.717, 1.165) is 48.3 Å². The fourth-order valence-corrected chi connectivity index (χ4v) is 8.96. The minimum Gasteiger partial charge on any atom is -0.446 e. The Morgan fingerprint density at radius 1 is 1.09 bits per heavy atom. The van der Waals surface area contributed by atoms with Gasteiger partial charge < -0.3 is 10.1 Å². The summed E-state index contributed by atoms with van der Waals surface area (Å²) in [4.78, 5) is 11.7. The van der Waals surface area contributed by atoms with E-state index in [1.165, 1.54) is 57.8 Å². The van der Waals surface area contributed by atoms with E-state index in [9.17, 15) is 4.79 Å². The Morgan fingerprint density at radius 2 is 1.88 bits per heavy atom. The van der Waals surface area contributed by atoms with Crippen LogP contribution in [0.1, 0.15) is 105 Å². The molecule has 0 bridgehead atoms. The third kappa shape index (κ3) is 4.27. The highest BCUT2D eigenvalue weighted by Gasteiger charge is 2.59. The van der Waals surface area contributed by atoms with Gasteiger partial charge in [-0.15, -0.1) is 0 Å². The molecule has 1 N–H and O–H groups in total. The first-order chi connectivity index (χ1) is 15.2. The molecule has 0 radical (unpaired) electrons. The molecule has 1 amide bonds. The molecule has 0 spiro atoms. The fourth-order valence-electron chi connectivity index (χ4n) is 8.96. The first-order valence-corrected chi connectivity index (χ1v) is 13.8. The van der Waals surface area contributed by atoms with Gasteiger partial charge in [0.05, 0.1) is 0 Å². The van der Waals surface area contributed by atoms with Crippen molar-refractivity contribution in [2.24, 2.45) is 46.3 Å². The van der Waals surface area contributed by atoms with E-state index in [-0.39, 0.29) is 12.2 Å². The van der Waals surface area contributed by atoms with Gasteiger partial charge in [0, 0.05) is 13.5 Å². The summed E-state index contributed by atoms with van der Waals surface area (Å²) in [7, 11) is 1.65. The maximum absolute atomic E-state index is 11.7. The summed E-state index contributed by atoms with van der Waals surface area (Å²) in [5.41, 5.74) is 2.48. The summed E-state index contributed by atoms with van der Waals surface area (Å²) in [6, 6.07) is 0. The number of hydrogen-bond acceptors (Lipinski definition) is 2. The number of fused-ring (bicyclic) bond motifs is 5.